The molecule has 0 bridgehead atoms. The van der Waals surface area contributed by atoms with E-state index >= 15 is 0 Å². The number of amides is 2. The molecule has 5 rings (SSSR count). The van der Waals surface area contributed by atoms with Crippen molar-refractivity contribution in [3.8, 4) is 5.75 Å². The van der Waals surface area contributed by atoms with Gasteiger partial charge in [0.05, 0.1) is 12.7 Å². The molecule has 2 aromatic carbocycles. The first-order chi connectivity index (χ1) is 17.5. The second-order valence-electron chi connectivity index (χ2n) is 9.57. The Morgan fingerprint density at radius 1 is 0.944 bits per heavy atom. The summed E-state index contributed by atoms with van der Waals surface area (Å²) < 4.78 is 5.26. The summed E-state index contributed by atoms with van der Waals surface area (Å²) in [7, 11) is 1.67. The molecule has 1 N–H and O–H groups in total. The maximum absolute atomic E-state index is 13.3. The standard InChI is InChI=1S/C29H32N4O3/c1-20-4-5-23(18-26(20)31-28(34)24-8-11-27(30-19-24)32-14-3-15-32)29(35)33-16-12-22(13-17-33)21-6-9-25(36-2)10-7-21/h4-11,18-19,22H,3,12-17H2,1-2H3,(H,31,34). The van der Waals surface area contributed by atoms with Crippen molar-refractivity contribution in [2.75, 3.05) is 43.5 Å². The number of carbonyl (C=O) groups excluding carboxylic acids is 2. The van der Waals surface area contributed by atoms with Gasteiger partial charge in [0.15, 0.2) is 0 Å². The van der Waals surface area contributed by atoms with E-state index in [1.165, 1.54) is 12.0 Å². The molecule has 3 aromatic rings. The van der Waals surface area contributed by atoms with Gasteiger partial charge in [-0.05, 0) is 79.6 Å². The summed E-state index contributed by atoms with van der Waals surface area (Å²) in [6.45, 7) is 5.37. The molecule has 1 aromatic heterocycles. The fourth-order valence-electron chi connectivity index (χ4n) is 4.81. The van der Waals surface area contributed by atoms with Crippen LogP contribution in [-0.2, 0) is 0 Å². The van der Waals surface area contributed by atoms with Gasteiger partial charge in [0, 0.05) is 43.6 Å². The highest BCUT2D eigenvalue weighted by atomic mass is 16.5. The number of aryl methyl sites for hydroxylation is 1. The molecular formula is C29H32N4O3. The van der Waals surface area contributed by atoms with E-state index in [2.05, 4.69) is 27.3 Å². The average molecular weight is 485 g/mol. The molecule has 3 heterocycles. The number of pyridine rings is 1. The lowest BCUT2D eigenvalue weighted by Gasteiger charge is -2.32. The van der Waals surface area contributed by atoms with Crippen LogP contribution in [0.25, 0.3) is 0 Å². The van der Waals surface area contributed by atoms with E-state index in [4.69, 9.17) is 4.74 Å². The molecule has 36 heavy (non-hydrogen) atoms. The number of carbonyl (C=O) groups is 2. The minimum Gasteiger partial charge on any atom is -0.497 e. The van der Waals surface area contributed by atoms with E-state index in [9.17, 15) is 9.59 Å². The van der Waals surface area contributed by atoms with Crippen molar-refractivity contribution in [2.24, 2.45) is 0 Å². The second-order valence-corrected chi connectivity index (χ2v) is 9.57. The predicted molar refractivity (Wildman–Crippen MR) is 141 cm³/mol. The smallest absolute Gasteiger partial charge is 0.257 e. The van der Waals surface area contributed by atoms with Gasteiger partial charge >= 0.3 is 0 Å². The molecule has 0 unspecified atom stereocenters. The van der Waals surface area contributed by atoms with E-state index in [0.717, 1.165) is 43.1 Å². The van der Waals surface area contributed by atoms with Crippen molar-refractivity contribution < 1.29 is 14.3 Å². The van der Waals surface area contributed by atoms with Gasteiger partial charge in [0.2, 0.25) is 0 Å². The zero-order valence-corrected chi connectivity index (χ0v) is 20.9. The van der Waals surface area contributed by atoms with Gasteiger partial charge in [0.1, 0.15) is 11.6 Å². The number of hydrogen-bond donors (Lipinski definition) is 1. The number of likely N-dealkylation sites (tertiary alicyclic amines) is 1. The Balaban J connectivity index is 1.21. The van der Waals surface area contributed by atoms with E-state index < -0.39 is 0 Å². The lowest BCUT2D eigenvalue weighted by atomic mass is 9.89. The molecule has 2 aliphatic rings. The highest BCUT2D eigenvalue weighted by Gasteiger charge is 2.25. The number of piperidine rings is 1. The second kappa shape index (κ2) is 10.4. The molecule has 2 saturated heterocycles. The van der Waals surface area contributed by atoms with Crippen LogP contribution in [0.5, 0.6) is 5.75 Å². The molecule has 2 amide bonds. The van der Waals surface area contributed by atoms with Crippen LogP contribution in [0.2, 0.25) is 0 Å². The summed E-state index contributed by atoms with van der Waals surface area (Å²) in [5, 5.41) is 2.97. The number of ether oxygens (including phenoxy) is 1. The SMILES string of the molecule is COc1ccc(C2CCN(C(=O)c3ccc(C)c(NC(=O)c4ccc(N5CCC5)nc4)c3)CC2)cc1. The van der Waals surface area contributed by atoms with Gasteiger partial charge in [0.25, 0.3) is 11.8 Å². The topological polar surface area (TPSA) is 74.8 Å². The first-order valence-corrected chi connectivity index (χ1v) is 12.6. The Morgan fingerprint density at radius 2 is 1.67 bits per heavy atom. The number of aromatic nitrogens is 1. The van der Waals surface area contributed by atoms with Crippen molar-refractivity contribution >= 4 is 23.3 Å². The first kappa shape index (κ1) is 23.9. The molecule has 0 radical (unpaired) electrons. The van der Waals surface area contributed by atoms with E-state index in [0.29, 0.717) is 35.8 Å². The van der Waals surface area contributed by atoms with Gasteiger partial charge in [-0.3, -0.25) is 9.59 Å². The predicted octanol–water partition coefficient (Wildman–Crippen LogP) is 4.88. The van der Waals surface area contributed by atoms with Crippen LogP contribution in [-0.4, -0.2) is 55.0 Å². The highest BCUT2D eigenvalue weighted by molar-refractivity contribution is 6.05. The molecule has 0 aliphatic carbocycles. The average Bonchev–Trinajstić information content (AvgIpc) is 2.89. The van der Waals surface area contributed by atoms with Crippen LogP contribution in [0.1, 0.15) is 57.0 Å². The summed E-state index contributed by atoms with van der Waals surface area (Å²) in [5.41, 5.74) is 3.92. The maximum Gasteiger partial charge on any atom is 0.257 e. The Morgan fingerprint density at radius 3 is 2.28 bits per heavy atom. The van der Waals surface area contributed by atoms with Crippen LogP contribution in [0, 0.1) is 6.92 Å². The Hall–Kier alpha value is -3.87. The van der Waals surface area contributed by atoms with Gasteiger partial charge in [-0.2, -0.15) is 0 Å². The molecule has 0 atom stereocenters. The van der Waals surface area contributed by atoms with Gasteiger partial charge in [-0.25, -0.2) is 4.98 Å². The summed E-state index contributed by atoms with van der Waals surface area (Å²) in [4.78, 5) is 34.6. The van der Waals surface area contributed by atoms with Crippen molar-refractivity contribution in [3.05, 3.63) is 83.0 Å². The molecule has 7 heteroatoms. The molecule has 0 spiro atoms. The maximum atomic E-state index is 13.3. The highest BCUT2D eigenvalue weighted by Crippen LogP contribution is 2.30. The van der Waals surface area contributed by atoms with Gasteiger partial charge in [-0.15, -0.1) is 0 Å². The van der Waals surface area contributed by atoms with Crippen LogP contribution >= 0.6 is 0 Å². The number of nitrogens with one attached hydrogen (secondary N) is 1. The molecule has 186 valence electrons. The summed E-state index contributed by atoms with van der Waals surface area (Å²) in [6, 6.07) is 17.4. The number of hydrogen-bond acceptors (Lipinski definition) is 5. The number of methoxy groups -OCH3 is 1. The monoisotopic (exact) mass is 484 g/mol. The fourth-order valence-corrected chi connectivity index (χ4v) is 4.81. The van der Waals surface area contributed by atoms with E-state index in [1.807, 2.05) is 42.2 Å². The summed E-state index contributed by atoms with van der Waals surface area (Å²) in [5.74, 6) is 1.96. The summed E-state index contributed by atoms with van der Waals surface area (Å²) in [6.07, 6.45) is 4.64. The molecule has 2 fully saturated rings. The summed E-state index contributed by atoms with van der Waals surface area (Å²) >= 11 is 0. The Bertz CT molecular complexity index is 1230. The lowest BCUT2D eigenvalue weighted by molar-refractivity contribution is 0.0712. The van der Waals surface area contributed by atoms with Crippen molar-refractivity contribution in [2.45, 2.75) is 32.1 Å². The van der Waals surface area contributed by atoms with Crippen LogP contribution in [0.3, 0.4) is 0 Å². The minimum atomic E-state index is -0.231. The van der Waals surface area contributed by atoms with E-state index in [-0.39, 0.29) is 11.8 Å². The molecule has 2 aliphatic heterocycles. The number of benzene rings is 2. The third-order valence-corrected chi connectivity index (χ3v) is 7.29. The normalized spacial score (nSPS) is 15.8. The van der Waals surface area contributed by atoms with Crippen LogP contribution in [0.15, 0.2) is 60.8 Å². The van der Waals surface area contributed by atoms with Crippen molar-refractivity contribution in [1.29, 1.82) is 0 Å². The zero-order chi connectivity index (χ0) is 25.1. The molecular weight excluding hydrogens is 452 g/mol. The zero-order valence-electron chi connectivity index (χ0n) is 20.9. The number of anilines is 2. The van der Waals surface area contributed by atoms with E-state index in [1.54, 1.807) is 25.4 Å². The number of rotatable bonds is 6. The number of nitrogens with zero attached hydrogens (tertiary/aromatic N) is 3. The molecule has 7 nitrogen and oxygen atoms in total. The van der Waals surface area contributed by atoms with Gasteiger partial charge in [-0.1, -0.05) is 18.2 Å². The van der Waals surface area contributed by atoms with Crippen LogP contribution in [0.4, 0.5) is 11.5 Å². The largest absolute Gasteiger partial charge is 0.497 e. The third-order valence-electron chi connectivity index (χ3n) is 7.29. The van der Waals surface area contributed by atoms with Crippen molar-refractivity contribution in [3.63, 3.8) is 0 Å². The van der Waals surface area contributed by atoms with Gasteiger partial charge < -0.3 is 19.9 Å². The molecule has 0 saturated carbocycles. The fraction of sp³-hybridized carbons (Fsp3) is 0.345. The van der Waals surface area contributed by atoms with Crippen molar-refractivity contribution in [1.82, 2.24) is 9.88 Å². The third kappa shape index (κ3) is 5.05. The quantitative estimate of drug-likeness (QED) is 0.540. The minimum absolute atomic E-state index is 0.000697. The Kier molecular flexibility index (Phi) is 6.89. The van der Waals surface area contributed by atoms with Crippen LogP contribution < -0.4 is 15.0 Å². The first-order valence-electron chi connectivity index (χ1n) is 12.6. The lowest BCUT2D eigenvalue weighted by Crippen LogP contribution is -2.38. The Labute approximate surface area is 212 Å².